The molecular formula is C10H9ClFN3O. The van der Waals surface area contributed by atoms with Gasteiger partial charge in [-0.2, -0.15) is 5.26 Å². The van der Waals surface area contributed by atoms with Crippen molar-refractivity contribution in [2.75, 3.05) is 6.54 Å². The number of hydrogen-bond acceptors (Lipinski definition) is 3. The smallest absolute Gasteiger partial charge is 0.254 e. The lowest BCUT2D eigenvalue weighted by Crippen LogP contribution is -2.28. The summed E-state index contributed by atoms with van der Waals surface area (Å²) in [6.45, 7) is 1.84. The lowest BCUT2D eigenvalue weighted by Gasteiger charge is -2.06. The molecule has 0 aliphatic carbocycles. The highest BCUT2D eigenvalue weighted by Crippen LogP contribution is 2.13. The van der Waals surface area contributed by atoms with Crippen molar-refractivity contribution >= 4 is 17.5 Å². The summed E-state index contributed by atoms with van der Waals surface area (Å²) in [6, 6.07) is 2.96. The number of carbonyl (C=O) groups is 1. The Kier molecular flexibility index (Phi) is 4.20. The molecule has 1 aromatic rings. The normalized spacial score (nSPS) is 11.6. The van der Waals surface area contributed by atoms with Gasteiger partial charge >= 0.3 is 0 Å². The molecule has 0 spiro atoms. The van der Waals surface area contributed by atoms with Gasteiger partial charge in [-0.25, -0.2) is 9.37 Å². The SMILES string of the molecule is CC(C#N)CNC(=O)c1cc(F)cnc1Cl. The second-order valence-electron chi connectivity index (χ2n) is 3.23. The van der Waals surface area contributed by atoms with Crippen LogP contribution in [0.1, 0.15) is 17.3 Å². The molecule has 1 atom stereocenters. The van der Waals surface area contributed by atoms with Crippen molar-refractivity contribution in [2.24, 2.45) is 5.92 Å². The van der Waals surface area contributed by atoms with Crippen molar-refractivity contribution in [1.29, 1.82) is 5.26 Å². The van der Waals surface area contributed by atoms with E-state index in [-0.39, 0.29) is 23.2 Å². The molecule has 16 heavy (non-hydrogen) atoms. The first-order valence-electron chi connectivity index (χ1n) is 4.53. The second-order valence-corrected chi connectivity index (χ2v) is 3.59. The predicted octanol–water partition coefficient (Wildman–Crippen LogP) is 1.76. The van der Waals surface area contributed by atoms with Crippen LogP contribution in [0.5, 0.6) is 0 Å². The van der Waals surface area contributed by atoms with Crippen molar-refractivity contribution in [2.45, 2.75) is 6.92 Å². The summed E-state index contributed by atoms with van der Waals surface area (Å²) in [5, 5.41) is 10.9. The maximum atomic E-state index is 12.8. The standard InChI is InChI=1S/C10H9ClFN3O/c1-6(3-13)4-15-10(16)8-2-7(12)5-14-9(8)11/h2,5-6H,4H2,1H3,(H,15,16). The van der Waals surface area contributed by atoms with Crippen molar-refractivity contribution in [3.8, 4) is 6.07 Å². The fraction of sp³-hybridized carbons (Fsp3) is 0.300. The minimum absolute atomic E-state index is 0.0354. The Morgan fingerprint density at radius 3 is 3.12 bits per heavy atom. The average molecular weight is 242 g/mol. The molecule has 0 aliphatic heterocycles. The number of nitrogens with one attached hydrogen (secondary N) is 1. The summed E-state index contributed by atoms with van der Waals surface area (Å²) in [5.41, 5.74) is -0.0354. The quantitative estimate of drug-likeness (QED) is 0.820. The van der Waals surface area contributed by atoms with Gasteiger partial charge in [0.25, 0.3) is 5.91 Å². The van der Waals surface area contributed by atoms with E-state index >= 15 is 0 Å². The molecule has 1 N–H and O–H groups in total. The lowest BCUT2D eigenvalue weighted by molar-refractivity contribution is 0.0950. The molecule has 0 radical (unpaired) electrons. The summed E-state index contributed by atoms with van der Waals surface area (Å²) < 4.78 is 12.8. The Bertz CT molecular complexity index is 444. The molecule has 1 amide bonds. The highest BCUT2D eigenvalue weighted by atomic mass is 35.5. The molecule has 1 heterocycles. The Morgan fingerprint density at radius 1 is 1.81 bits per heavy atom. The zero-order valence-electron chi connectivity index (χ0n) is 8.50. The highest BCUT2D eigenvalue weighted by Gasteiger charge is 2.13. The van der Waals surface area contributed by atoms with Crippen LogP contribution in [0.25, 0.3) is 0 Å². The lowest BCUT2D eigenvalue weighted by atomic mass is 10.2. The van der Waals surface area contributed by atoms with Gasteiger partial charge in [0.15, 0.2) is 0 Å². The first kappa shape index (κ1) is 12.4. The van der Waals surface area contributed by atoms with Gasteiger partial charge in [-0.15, -0.1) is 0 Å². The van der Waals surface area contributed by atoms with E-state index in [1.807, 2.05) is 6.07 Å². The average Bonchev–Trinajstić information content (AvgIpc) is 2.28. The monoisotopic (exact) mass is 241 g/mol. The van der Waals surface area contributed by atoms with E-state index < -0.39 is 11.7 Å². The van der Waals surface area contributed by atoms with E-state index in [2.05, 4.69) is 10.3 Å². The van der Waals surface area contributed by atoms with Crippen LogP contribution in [-0.2, 0) is 0 Å². The number of amides is 1. The Balaban J connectivity index is 2.74. The van der Waals surface area contributed by atoms with Crippen LogP contribution in [0, 0.1) is 23.1 Å². The molecule has 1 aromatic heterocycles. The molecule has 4 nitrogen and oxygen atoms in total. The number of halogens is 2. The number of pyridine rings is 1. The van der Waals surface area contributed by atoms with Gasteiger partial charge in [0.1, 0.15) is 11.0 Å². The third-order valence-electron chi connectivity index (χ3n) is 1.84. The molecule has 0 aliphatic rings. The second kappa shape index (κ2) is 5.42. The van der Waals surface area contributed by atoms with Crippen LogP contribution in [0.15, 0.2) is 12.3 Å². The number of hydrogen-bond donors (Lipinski definition) is 1. The topological polar surface area (TPSA) is 65.8 Å². The van der Waals surface area contributed by atoms with Gasteiger partial charge < -0.3 is 5.32 Å². The zero-order chi connectivity index (χ0) is 12.1. The molecule has 84 valence electrons. The summed E-state index contributed by atoms with van der Waals surface area (Å²) >= 11 is 5.64. The van der Waals surface area contributed by atoms with Crippen molar-refractivity contribution in [1.82, 2.24) is 10.3 Å². The van der Waals surface area contributed by atoms with Gasteiger partial charge in [0.2, 0.25) is 0 Å². The van der Waals surface area contributed by atoms with Crippen LogP contribution in [0.3, 0.4) is 0 Å². The van der Waals surface area contributed by atoms with E-state index in [9.17, 15) is 9.18 Å². The van der Waals surface area contributed by atoms with Crippen molar-refractivity contribution in [3.63, 3.8) is 0 Å². The van der Waals surface area contributed by atoms with Crippen LogP contribution < -0.4 is 5.32 Å². The molecular weight excluding hydrogens is 233 g/mol. The minimum atomic E-state index is -0.636. The summed E-state index contributed by atoms with van der Waals surface area (Å²) in [6.07, 6.45) is 0.928. The number of aromatic nitrogens is 1. The molecule has 1 rings (SSSR count). The van der Waals surface area contributed by atoms with Crippen LogP contribution in [-0.4, -0.2) is 17.4 Å². The summed E-state index contributed by atoms with van der Waals surface area (Å²) in [4.78, 5) is 15.0. The third kappa shape index (κ3) is 3.17. The third-order valence-corrected chi connectivity index (χ3v) is 2.14. The molecule has 0 saturated carbocycles. The van der Waals surface area contributed by atoms with Gasteiger partial charge in [-0.05, 0) is 13.0 Å². The van der Waals surface area contributed by atoms with E-state index in [4.69, 9.17) is 16.9 Å². The van der Waals surface area contributed by atoms with E-state index in [0.29, 0.717) is 0 Å². The maximum Gasteiger partial charge on any atom is 0.254 e. The largest absolute Gasteiger partial charge is 0.351 e. The fourth-order valence-electron chi connectivity index (χ4n) is 0.968. The van der Waals surface area contributed by atoms with Crippen LogP contribution in [0.2, 0.25) is 5.15 Å². The Labute approximate surface area is 97.0 Å². The predicted molar refractivity (Wildman–Crippen MR) is 56.3 cm³/mol. The molecule has 6 heteroatoms. The summed E-state index contributed by atoms with van der Waals surface area (Å²) in [7, 11) is 0. The van der Waals surface area contributed by atoms with Gasteiger partial charge in [0, 0.05) is 6.54 Å². The molecule has 0 saturated heterocycles. The van der Waals surface area contributed by atoms with E-state index in [1.165, 1.54) is 0 Å². The summed E-state index contributed by atoms with van der Waals surface area (Å²) in [5.74, 6) is -1.49. The maximum absolute atomic E-state index is 12.8. The molecule has 0 aromatic carbocycles. The number of carbonyl (C=O) groups excluding carboxylic acids is 1. The molecule has 1 unspecified atom stereocenters. The Hall–Kier alpha value is -1.67. The number of nitrogens with zero attached hydrogens (tertiary/aromatic N) is 2. The van der Waals surface area contributed by atoms with E-state index in [0.717, 1.165) is 12.3 Å². The van der Waals surface area contributed by atoms with Gasteiger partial charge in [-0.1, -0.05) is 11.6 Å². The number of rotatable bonds is 3. The van der Waals surface area contributed by atoms with Gasteiger partial charge in [0.05, 0.1) is 23.7 Å². The van der Waals surface area contributed by atoms with Crippen molar-refractivity contribution < 1.29 is 9.18 Å². The molecule has 0 fully saturated rings. The van der Waals surface area contributed by atoms with Crippen LogP contribution >= 0.6 is 11.6 Å². The first-order chi connectivity index (χ1) is 7.54. The van der Waals surface area contributed by atoms with Crippen molar-refractivity contribution in [3.05, 3.63) is 28.8 Å². The Morgan fingerprint density at radius 2 is 2.50 bits per heavy atom. The highest BCUT2D eigenvalue weighted by molar-refractivity contribution is 6.32. The number of nitriles is 1. The zero-order valence-corrected chi connectivity index (χ0v) is 9.25. The molecule has 0 bridgehead atoms. The minimum Gasteiger partial charge on any atom is -0.351 e. The first-order valence-corrected chi connectivity index (χ1v) is 4.91. The van der Waals surface area contributed by atoms with Gasteiger partial charge in [-0.3, -0.25) is 4.79 Å². The fourth-order valence-corrected chi connectivity index (χ4v) is 1.16. The van der Waals surface area contributed by atoms with Crippen LogP contribution in [0.4, 0.5) is 4.39 Å². The van der Waals surface area contributed by atoms with E-state index in [1.54, 1.807) is 6.92 Å².